The van der Waals surface area contributed by atoms with E-state index in [1.807, 2.05) is 36.4 Å². The molecule has 3 N–H and O–H groups in total. The van der Waals surface area contributed by atoms with Crippen LogP contribution in [0.2, 0.25) is 0 Å². The Morgan fingerprint density at radius 3 is 2.41 bits per heavy atom. The molecule has 0 radical (unpaired) electrons. The lowest BCUT2D eigenvalue weighted by Crippen LogP contribution is -2.39. The third-order valence-electron chi connectivity index (χ3n) is 4.66. The monoisotopic (exact) mass is 458 g/mol. The predicted octanol–water partition coefficient (Wildman–Crippen LogP) is 4.10. The van der Waals surface area contributed by atoms with E-state index < -0.39 is 29.6 Å². The summed E-state index contributed by atoms with van der Waals surface area (Å²) >= 11 is 0. The van der Waals surface area contributed by atoms with Crippen LogP contribution >= 0.6 is 0 Å². The fourth-order valence-electron chi connectivity index (χ4n) is 3.11. The molecule has 2 amide bonds. The number of amides is 2. The summed E-state index contributed by atoms with van der Waals surface area (Å²) in [4.78, 5) is 36.2. The number of carbonyl (C=O) groups excluding carboxylic acids is 2. The van der Waals surface area contributed by atoms with Crippen molar-refractivity contribution in [3.63, 3.8) is 0 Å². The number of aliphatic carboxylic acids is 1. The van der Waals surface area contributed by atoms with Gasteiger partial charge in [0.1, 0.15) is 5.60 Å². The highest BCUT2D eigenvalue weighted by Crippen LogP contribution is 2.15. The molecular weight excluding hydrogens is 432 g/mol. The standard InChI is InChI=1S/C27H26N2O5/c1-27(2,3)34-26(33)28-17-19-7-6-10-22(16-19)24(30)29-23(25(31)32)14-12-18-11-13-20-8-4-5-9-21(20)15-18/h4-11,13,15-16,23H,17H2,1-3H3,(H,28,33)(H,29,30)(H,31,32)/t23-/m1/s1. The fraction of sp³-hybridized carbons (Fsp3) is 0.222. The number of hydrogen-bond acceptors (Lipinski definition) is 4. The lowest BCUT2D eigenvalue weighted by Gasteiger charge is -2.19. The van der Waals surface area contributed by atoms with Crippen LogP contribution in [0, 0.1) is 11.8 Å². The lowest BCUT2D eigenvalue weighted by atomic mass is 10.1. The van der Waals surface area contributed by atoms with Gasteiger partial charge in [-0.2, -0.15) is 0 Å². The van der Waals surface area contributed by atoms with Crippen LogP contribution < -0.4 is 10.6 Å². The van der Waals surface area contributed by atoms with Crippen LogP contribution in [-0.4, -0.2) is 34.7 Å². The fourth-order valence-corrected chi connectivity index (χ4v) is 3.11. The summed E-state index contributed by atoms with van der Waals surface area (Å²) in [5.41, 5.74) is 0.940. The Morgan fingerprint density at radius 1 is 0.971 bits per heavy atom. The highest BCUT2D eigenvalue weighted by Gasteiger charge is 2.19. The number of carboxylic acid groups (broad SMARTS) is 1. The maximum Gasteiger partial charge on any atom is 0.407 e. The first-order chi connectivity index (χ1) is 16.1. The molecule has 0 saturated carbocycles. The quantitative estimate of drug-likeness (QED) is 0.500. The third kappa shape index (κ3) is 7.10. The zero-order valence-electron chi connectivity index (χ0n) is 19.2. The number of rotatable bonds is 5. The van der Waals surface area contributed by atoms with Gasteiger partial charge in [-0.15, -0.1) is 0 Å². The second-order valence-corrected chi connectivity index (χ2v) is 8.63. The molecule has 7 nitrogen and oxygen atoms in total. The van der Waals surface area contributed by atoms with Crippen molar-refractivity contribution in [2.45, 2.75) is 39.0 Å². The minimum absolute atomic E-state index is 0.153. The molecule has 0 aromatic heterocycles. The number of alkyl carbamates (subject to hydrolysis) is 1. The van der Waals surface area contributed by atoms with E-state index in [4.69, 9.17) is 4.74 Å². The molecule has 3 rings (SSSR count). The summed E-state index contributed by atoms with van der Waals surface area (Å²) < 4.78 is 5.19. The average Bonchev–Trinajstić information content (AvgIpc) is 2.79. The summed E-state index contributed by atoms with van der Waals surface area (Å²) in [5.74, 6) is 3.61. The van der Waals surface area contributed by atoms with Gasteiger partial charge < -0.3 is 20.5 Å². The van der Waals surface area contributed by atoms with Crippen molar-refractivity contribution < 1.29 is 24.2 Å². The summed E-state index contributed by atoms with van der Waals surface area (Å²) in [6, 6.07) is 18.5. The number of ether oxygens (including phenoxy) is 1. The van der Waals surface area contributed by atoms with Crippen LogP contribution in [0.4, 0.5) is 4.79 Å². The number of benzene rings is 3. The van der Waals surface area contributed by atoms with E-state index in [0.29, 0.717) is 11.1 Å². The second-order valence-electron chi connectivity index (χ2n) is 8.63. The maximum atomic E-state index is 12.7. The molecular formula is C27H26N2O5. The van der Waals surface area contributed by atoms with Gasteiger partial charge in [-0.25, -0.2) is 9.59 Å². The zero-order chi connectivity index (χ0) is 24.7. The van der Waals surface area contributed by atoms with Crippen LogP contribution in [0.5, 0.6) is 0 Å². The first-order valence-corrected chi connectivity index (χ1v) is 10.7. The average molecular weight is 459 g/mol. The molecule has 0 fully saturated rings. The summed E-state index contributed by atoms with van der Waals surface area (Å²) in [6.45, 7) is 5.44. The van der Waals surface area contributed by atoms with Crippen LogP contribution in [0.15, 0.2) is 66.7 Å². The summed E-state index contributed by atoms with van der Waals surface area (Å²) in [5, 5.41) is 16.6. The van der Waals surface area contributed by atoms with E-state index in [-0.39, 0.29) is 12.1 Å². The van der Waals surface area contributed by atoms with Crippen molar-refractivity contribution in [1.29, 1.82) is 0 Å². The number of hydrogen-bond donors (Lipinski definition) is 3. The molecule has 0 saturated heterocycles. The molecule has 34 heavy (non-hydrogen) atoms. The molecule has 174 valence electrons. The highest BCUT2D eigenvalue weighted by molar-refractivity contribution is 5.97. The molecule has 0 aliphatic heterocycles. The minimum atomic E-state index is -1.39. The number of nitrogens with one attached hydrogen (secondary N) is 2. The SMILES string of the molecule is CC(C)(C)OC(=O)NCc1cccc(C(=O)N[C@H](C#Cc2ccc3ccccc3c2)C(=O)O)c1. The summed E-state index contributed by atoms with van der Waals surface area (Å²) in [6.07, 6.45) is -0.572. The van der Waals surface area contributed by atoms with Crippen LogP contribution in [0.25, 0.3) is 10.8 Å². The third-order valence-corrected chi connectivity index (χ3v) is 4.66. The predicted molar refractivity (Wildman–Crippen MR) is 129 cm³/mol. The molecule has 3 aromatic carbocycles. The first kappa shape index (κ1) is 24.3. The second kappa shape index (κ2) is 10.5. The van der Waals surface area contributed by atoms with Crippen molar-refractivity contribution >= 4 is 28.7 Å². The molecule has 0 heterocycles. The van der Waals surface area contributed by atoms with E-state index in [1.165, 1.54) is 0 Å². The molecule has 1 atom stereocenters. The first-order valence-electron chi connectivity index (χ1n) is 10.7. The molecule has 0 bridgehead atoms. The van der Waals surface area contributed by atoms with Crippen molar-refractivity contribution in [2.75, 3.05) is 0 Å². The van der Waals surface area contributed by atoms with Crippen LogP contribution in [-0.2, 0) is 16.1 Å². The van der Waals surface area contributed by atoms with E-state index in [1.54, 1.807) is 51.1 Å². The Labute approximate surface area is 198 Å². The molecule has 0 unspecified atom stereocenters. The molecule has 0 aliphatic rings. The van der Waals surface area contributed by atoms with Gasteiger partial charge in [-0.3, -0.25) is 4.79 Å². The van der Waals surface area contributed by atoms with Gasteiger partial charge in [0.25, 0.3) is 5.91 Å². The molecule has 0 aliphatic carbocycles. The van der Waals surface area contributed by atoms with Gasteiger partial charge in [-0.05, 0) is 61.4 Å². The number of fused-ring (bicyclic) bond motifs is 1. The van der Waals surface area contributed by atoms with E-state index in [2.05, 4.69) is 22.5 Å². The van der Waals surface area contributed by atoms with E-state index in [9.17, 15) is 19.5 Å². The maximum absolute atomic E-state index is 12.7. The molecule has 3 aromatic rings. The summed E-state index contributed by atoms with van der Waals surface area (Å²) in [7, 11) is 0. The van der Waals surface area contributed by atoms with Crippen LogP contribution in [0.1, 0.15) is 42.3 Å². The minimum Gasteiger partial charge on any atom is -0.479 e. The molecule has 0 spiro atoms. The zero-order valence-corrected chi connectivity index (χ0v) is 19.2. The highest BCUT2D eigenvalue weighted by atomic mass is 16.6. The Morgan fingerprint density at radius 2 is 1.71 bits per heavy atom. The molecule has 7 heteroatoms. The Bertz CT molecular complexity index is 1280. The topological polar surface area (TPSA) is 105 Å². The van der Waals surface area contributed by atoms with Gasteiger partial charge in [-0.1, -0.05) is 54.3 Å². The Hall–Kier alpha value is -4.31. The lowest BCUT2D eigenvalue weighted by molar-refractivity contribution is -0.137. The normalized spacial score (nSPS) is 11.6. The van der Waals surface area contributed by atoms with Crippen molar-refractivity contribution in [3.8, 4) is 11.8 Å². The largest absolute Gasteiger partial charge is 0.479 e. The van der Waals surface area contributed by atoms with Gasteiger partial charge in [0, 0.05) is 17.7 Å². The van der Waals surface area contributed by atoms with Crippen molar-refractivity contribution in [3.05, 3.63) is 83.4 Å². The van der Waals surface area contributed by atoms with Crippen molar-refractivity contribution in [1.82, 2.24) is 10.6 Å². The van der Waals surface area contributed by atoms with Crippen LogP contribution in [0.3, 0.4) is 0 Å². The number of carbonyl (C=O) groups is 3. The smallest absolute Gasteiger partial charge is 0.407 e. The van der Waals surface area contributed by atoms with Crippen molar-refractivity contribution in [2.24, 2.45) is 0 Å². The van der Waals surface area contributed by atoms with Gasteiger partial charge in [0.05, 0.1) is 0 Å². The van der Waals surface area contributed by atoms with E-state index >= 15 is 0 Å². The Balaban J connectivity index is 1.68. The van der Waals surface area contributed by atoms with E-state index in [0.717, 1.165) is 10.8 Å². The van der Waals surface area contributed by atoms with Gasteiger partial charge in [0.15, 0.2) is 6.04 Å². The Kier molecular flexibility index (Phi) is 7.54. The van der Waals surface area contributed by atoms with Gasteiger partial charge in [0.2, 0.25) is 0 Å². The van der Waals surface area contributed by atoms with Gasteiger partial charge >= 0.3 is 12.1 Å². The number of carboxylic acids is 1.